The van der Waals surface area contributed by atoms with Crippen LogP contribution in [0.1, 0.15) is 33.6 Å². The Bertz CT molecular complexity index is 1090. The van der Waals surface area contributed by atoms with Gasteiger partial charge in [-0.05, 0) is 41.7 Å². The summed E-state index contributed by atoms with van der Waals surface area (Å²) in [5.41, 5.74) is 0.393. The molecule has 0 saturated carbocycles. The monoisotopic (exact) mass is 369 g/mol. The maximum atomic E-state index is 13.6. The average molecular weight is 369 g/mol. The number of nitrogens with zero attached hydrogens (tertiary/aromatic N) is 1. The van der Waals surface area contributed by atoms with Gasteiger partial charge in [-0.25, -0.2) is 8.42 Å². The number of carbonyl (C=O) groups is 1. The van der Waals surface area contributed by atoms with Crippen LogP contribution in [0.25, 0.3) is 12.3 Å². The minimum Gasteiger partial charge on any atom is -0.338 e. The Labute approximate surface area is 154 Å². The molecule has 0 radical (unpaired) electrons. The number of carbonyl (C=O) groups excluding carboxylic acids is 1. The fourth-order valence-corrected chi connectivity index (χ4v) is 6.48. The summed E-state index contributed by atoms with van der Waals surface area (Å²) in [6, 6.07) is 7.75. The van der Waals surface area contributed by atoms with Gasteiger partial charge in [0.05, 0.1) is 17.0 Å². The molecule has 0 N–H and O–H groups in total. The van der Waals surface area contributed by atoms with E-state index in [1.807, 2.05) is 42.6 Å². The molecule has 26 heavy (non-hydrogen) atoms. The van der Waals surface area contributed by atoms with Crippen molar-refractivity contribution >= 4 is 27.9 Å². The first-order valence-corrected chi connectivity index (χ1v) is 10.4. The normalized spacial score (nSPS) is 26.9. The lowest BCUT2D eigenvalue weighted by Crippen LogP contribution is -2.42. The highest BCUT2D eigenvalue weighted by Crippen LogP contribution is 2.44. The molecule has 0 saturated heterocycles. The van der Waals surface area contributed by atoms with Crippen LogP contribution in [0.2, 0.25) is 0 Å². The second-order valence-corrected chi connectivity index (χ2v) is 10.8. The number of hydrogen-bond acceptors (Lipinski definition) is 4. The fourth-order valence-electron chi connectivity index (χ4n) is 4.34. The molecule has 4 nitrogen and oxygen atoms in total. The maximum absolute atomic E-state index is 13.6. The highest BCUT2D eigenvalue weighted by molar-refractivity contribution is 7.97. The van der Waals surface area contributed by atoms with Crippen LogP contribution >= 0.6 is 0 Å². The van der Waals surface area contributed by atoms with Gasteiger partial charge >= 0.3 is 0 Å². The van der Waals surface area contributed by atoms with Crippen molar-refractivity contribution in [3.8, 4) is 0 Å². The van der Waals surface area contributed by atoms with Gasteiger partial charge in [0.25, 0.3) is 0 Å². The lowest BCUT2D eigenvalue weighted by molar-refractivity contribution is -0.114. The van der Waals surface area contributed by atoms with Gasteiger partial charge in [-0.1, -0.05) is 50.3 Å². The number of fused-ring (bicyclic) bond motifs is 2. The van der Waals surface area contributed by atoms with Gasteiger partial charge in [0.2, 0.25) is 0 Å². The SMILES string of the molecule is CC1(C)CC=CC(C)(S(=O)(=O)C2=C3C=c4ccccc4=CN3CC2=O)C1. The zero-order valence-corrected chi connectivity index (χ0v) is 16.1. The topological polar surface area (TPSA) is 54.5 Å². The third kappa shape index (κ3) is 2.49. The van der Waals surface area contributed by atoms with Crippen molar-refractivity contribution in [2.24, 2.45) is 5.41 Å². The highest BCUT2D eigenvalue weighted by Gasteiger charge is 2.49. The molecule has 2 aliphatic heterocycles. The Kier molecular flexibility index (Phi) is 3.61. The minimum atomic E-state index is -3.80. The summed E-state index contributed by atoms with van der Waals surface area (Å²) in [7, 11) is -3.80. The molecular weight excluding hydrogens is 346 g/mol. The van der Waals surface area contributed by atoms with E-state index in [1.54, 1.807) is 17.9 Å². The van der Waals surface area contributed by atoms with Crippen molar-refractivity contribution in [3.63, 3.8) is 0 Å². The van der Waals surface area contributed by atoms with Gasteiger partial charge in [-0.3, -0.25) is 4.79 Å². The van der Waals surface area contributed by atoms with Crippen LogP contribution in [0, 0.1) is 5.41 Å². The standard InChI is InChI=1S/C21H23NO3S/c1-20(2)9-6-10-21(3,14-20)26(24,25)19-17-11-15-7-4-5-8-16(15)12-22(17)13-18(19)23/h4-8,10-12H,9,13-14H2,1-3H3. The summed E-state index contributed by atoms with van der Waals surface area (Å²) < 4.78 is 26.1. The zero-order valence-electron chi connectivity index (χ0n) is 15.3. The summed E-state index contributed by atoms with van der Waals surface area (Å²) in [6.07, 6.45) is 8.76. The predicted molar refractivity (Wildman–Crippen MR) is 103 cm³/mol. The molecule has 4 rings (SSSR count). The molecule has 5 heteroatoms. The number of sulfone groups is 1. The smallest absolute Gasteiger partial charge is 0.196 e. The Morgan fingerprint density at radius 1 is 1.08 bits per heavy atom. The molecule has 1 aliphatic carbocycles. The molecule has 0 amide bonds. The van der Waals surface area contributed by atoms with Crippen molar-refractivity contribution in [1.82, 2.24) is 4.90 Å². The van der Waals surface area contributed by atoms with Gasteiger partial charge in [0, 0.05) is 6.20 Å². The molecule has 1 aromatic rings. The van der Waals surface area contributed by atoms with Gasteiger partial charge in [0.15, 0.2) is 15.6 Å². The van der Waals surface area contributed by atoms with Crippen LogP contribution in [-0.2, 0) is 14.6 Å². The second kappa shape index (κ2) is 5.43. The Hall–Kier alpha value is -2.14. The summed E-state index contributed by atoms with van der Waals surface area (Å²) in [5, 5.41) is 1.93. The van der Waals surface area contributed by atoms with Crippen LogP contribution in [0.5, 0.6) is 0 Å². The number of allylic oxidation sites excluding steroid dienone is 2. The van der Waals surface area contributed by atoms with Crippen LogP contribution in [0.3, 0.4) is 0 Å². The molecular formula is C21H23NO3S. The zero-order chi connectivity index (χ0) is 18.7. The molecule has 0 aromatic heterocycles. The number of hydrogen-bond donors (Lipinski definition) is 0. The first-order valence-electron chi connectivity index (χ1n) is 8.88. The fraction of sp³-hybridized carbons (Fsp3) is 0.381. The van der Waals surface area contributed by atoms with Crippen molar-refractivity contribution in [1.29, 1.82) is 0 Å². The van der Waals surface area contributed by atoms with Crippen molar-refractivity contribution in [2.45, 2.75) is 38.4 Å². The largest absolute Gasteiger partial charge is 0.338 e. The number of Topliss-reactive ketones (excluding diaryl/α,β-unsaturated/α-hetero) is 1. The van der Waals surface area contributed by atoms with E-state index in [4.69, 9.17) is 0 Å². The predicted octanol–water partition coefficient (Wildman–Crippen LogP) is 1.86. The molecule has 136 valence electrons. The summed E-state index contributed by atoms with van der Waals surface area (Å²) in [4.78, 5) is 14.5. The van der Waals surface area contributed by atoms with Crippen molar-refractivity contribution < 1.29 is 13.2 Å². The first-order chi connectivity index (χ1) is 12.1. The van der Waals surface area contributed by atoms with Crippen LogP contribution < -0.4 is 10.4 Å². The summed E-state index contributed by atoms with van der Waals surface area (Å²) in [5.74, 6) is -0.321. The summed E-state index contributed by atoms with van der Waals surface area (Å²) in [6.45, 7) is 5.96. The maximum Gasteiger partial charge on any atom is 0.196 e. The molecule has 1 atom stereocenters. The Morgan fingerprint density at radius 2 is 1.77 bits per heavy atom. The third-order valence-electron chi connectivity index (χ3n) is 5.55. The van der Waals surface area contributed by atoms with E-state index in [-0.39, 0.29) is 22.6 Å². The van der Waals surface area contributed by atoms with Crippen molar-refractivity contribution in [2.75, 3.05) is 6.54 Å². The van der Waals surface area contributed by atoms with E-state index in [1.165, 1.54) is 0 Å². The van der Waals surface area contributed by atoms with Crippen LogP contribution in [0.15, 0.2) is 47.0 Å². The highest BCUT2D eigenvalue weighted by atomic mass is 32.2. The molecule has 0 fully saturated rings. The molecule has 0 bridgehead atoms. The lowest BCUT2D eigenvalue weighted by atomic mass is 9.76. The van der Waals surface area contributed by atoms with E-state index in [9.17, 15) is 13.2 Å². The van der Waals surface area contributed by atoms with E-state index in [0.29, 0.717) is 12.1 Å². The number of benzene rings is 1. The third-order valence-corrected chi connectivity index (χ3v) is 8.03. The van der Waals surface area contributed by atoms with Crippen LogP contribution in [-0.4, -0.2) is 30.4 Å². The van der Waals surface area contributed by atoms with Gasteiger partial charge in [-0.15, -0.1) is 0 Å². The quantitative estimate of drug-likeness (QED) is 0.747. The van der Waals surface area contributed by atoms with E-state index in [0.717, 1.165) is 16.9 Å². The molecule has 0 spiro atoms. The van der Waals surface area contributed by atoms with Crippen LogP contribution in [0.4, 0.5) is 0 Å². The van der Waals surface area contributed by atoms with Gasteiger partial charge < -0.3 is 4.90 Å². The average Bonchev–Trinajstić information content (AvgIpc) is 2.86. The number of rotatable bonds is 2. The van der Waals surface area contributed by atoms with E-state index >= 15 is 0 Å². The summed E-state index contributed by atoms with van der Waals surface area (Å²) >= 11 is 0. The van der Waals surface area contributed by atoms with E-state index in [2.05, 4.69) is 13.8 Å². The lowest BCUT2D eigenvalue weighted by Gasteiger charge is -2.38. The Morgan fingerprint density at radius 3 is 2.46 bits per heavy atom. The van der Waals surface area contributed by atoms with Gasteiger partial charge in [-0.2, -0.15) is 0 Å². The Balaban J connectivity index is 1.92. The van der Waals surface area contributed by atoms with Gasteiger partial charge in [0.1, 0.15) is 4.91 Å². The minimum absolute atomic E-state index is 0.0342. The van der Waals surface area contributed by atoms with Crippen molar-refractivity contribution in [3.05, 3.63) is 57.5 Å². The first kappa shape index (κ1) is 17.3. The molecule has 2 heterocycles. The number of ketones is 1. The molecule has 1 unspecified atom stereocenters. The molecule has 1 aromatic carbocycles. The molecule has 3 aliphatic rings. The second-order valence-electron chi connectivity index (χ2n) is 8.43. The van der Waals surface area contributed by atoms with E-state index < -0.39 is 14.6 Å².